The van der Waals surface area contributed by atoms with Crippen molar-refractivity contribution in [2.24, 2.45) is 0 Å². The Morgan fingerprint density at radius 1 is 1.09 bits per heavy atom. The lowest BCUT2D eigenvalue weighted by atomic mass is 10.1. The maximum atomic E-state index is 12.3. The number of nitrogen functional groups attached to an aromatic ring is 1. The molecule has 2 heterocycles. The second kappa shape index (κ2) is 8.69. The number of aromatic nitrogens is 3. The predicted molar refractivity (Wildman–Crippen MR) is 118 cm³/mol. The van der Waals surface area contributed by atoms with Gasteiger partial charge in [-0.05, 0) is 48.0 Å². The first-order valence-corrected chi connectivity index (χ1v) is 9.74. The zero-order valence-corrected chi connectivity index (χ0v) is 17.3. The van der Waals surface area contributed by atoms with Gasteiger partial charge < -0.3 is 21.1 Å². The molecule has 0 saturated heterocycles. The van der Waals surface area contributed by atoms with Crippen molar-refractivity contribution in [2.45, 2.75) is 6.18 Å². The highest BCUT2D eigenvalue weighted by Crippen LogP contribution is 2.28. The molecule has 2 aromatic heterocycles. The number of nitrogens with one attached hydrogen (secondary N) is 2. The summed E-state index contributed by atoms with van der Waals surface area (Å²) in [6.45, 7) is -1.42. The van der Waals surface area contributed by atoms with Gasteiger partial charge in [0.05, 0.1) is 12.8 Å². The number of anilines is 3. The van der Waals surface area contributed by atoms with Crippen molar-refractivity contribution in [3.05, 3.63) is 66.4 Å². The summed E-state index contributed by atoms with van der Waals surface area (Å²) in [6.07, 6.45) is -2.67. The smallest absolute Gasteiger partial charge is 0.405 e. The Balaban J connectivity index is 1.54. The third kappa shape index (κ3) is 5.14. The first kappa shape index (κ1) is 21.9. The topological polar surface area (TPSA) is 107 Å². The average molecular weight is 456 g/mol. The zero-order chi connectivity index (χ0) is 23.6. The number of halogens is 3. The maximum Gasteiger partial charge on any atom is 0.405 e. The first-order valence-electron chi connectivity index (χ1n) is 9.74. The standard InChI is InChI=1S/C22H19F3N6O2/c1-33-18-10-14(20(32)27-12-22(23,24)25)4-8-17(18)28-21-29-19-9-5-15(11-31(19)30-21)13-2-6-16(26)7-3-13/h2-11H,12,26H2,1H3,(H,27,32)(H,28,30). The molecule has 0 saturated carbocycles. The number of alkyl halides is 3. The van der Waals surface area contributed by atoms with Crippen LogP contribution in [0.3, 0.4) is 0 Å². The molecule has 0 fully saturated rings. The highest BCUT2D eigenvalue weighted by Gasteiger charge is 2.28. The van der Waals surface area contributed by atoms with E-state index in [-0.39, 0.29) is 17.3 Å². The summed E-state index contributed by atoms with van der Waals surface area (Å²) >= 11 is 0. The molecule has 0 aliphatic rings. The molecule has 1 amide bonds. The second-order valence-corrected chi connectivity index (χ2v) is 7.12. The van der Waals surface area contributed by atoms with Crippen LogP contribution in [0.4, 0.5) is 30.5 Å². The van der Waals surface area contributed by atoms with Crippen molar-refractivity contribution in [1.82, 2.24) is 19.9 Å². The number of amides is 1. The van der Waals surface area contributed by atoms with Gasteiger partial charge >= 0.3 is 6.18 Å². The predicted octanol–water partition coefficient (Wildman–Crippen LogP) is 4.02. The van der Waals surface area contributed by atoms with E-state index in [4.69, 9.17) is 10.5 Å². The Kier molecular flexibility index (Phi) is 5.78. The van der Waals surface area contributed by atoms with Crippen LogP contribution < -0.4 is 21.1 Å². The number of hydrogen-bond donors (Lipinski definition) is 3. The Bertz CT molecular complexity index is 1300. The fraction of sp³-hybridized carbons (Fsp3) is 0.136. The molecule has 0 aliphatic heterocycles. The van der Waals surface area contributed by atoms with Crippen molar-refractivity contribution in [1.29, 1.82) is 0 Å². The van der Waals surface area contributed by atoms with E-state index < -0.39 is 18.6 Å². The van der Waals surface area contributed by atoms with E-state index in [1.807, 2.05) is 47.9 Å². The highest BCUT2D eigenvalue weighted by molar-refractivity contribution is 5.95. The van der Waals surface area contributed by atoms with Crippen molar-refractivity contribution >= 4 is 28.9 Å². The average Bonchev–Trinajstić information content (AvgIpc) is 3.19. The second-order valence-electron chi connectivity index (χ2n) is 7.12. The third-order valence-electron chi connectivity index (χ3n) is 4.73. The lowest BCUT2D eigenvalue weighted by molar-refractivity contribution is -0.123. The minimum absolute atomic E-state index is 0.0257. The van der Waals surface area contributed by atoms with Gasteiger partial charge in [-0.25, -0.2) is 4.52 Å². The molecule has 0 spiro atoms. The molecule has 0 aliphatic carbocycles. The van der Waals surface area contributed by atoms with E-state index in [0.29, 0.717) is 17.0 Å². The number of methoxy groups -OCH3 is 1. The van der Waals surface area contributed by atoms with Crippen LogP contribution in [0.1, 0.15) is 10.4 Å². The highest BCUT2D eigenvalue weighted by atomic mass is 19.4. The number of hydrogen-bond acceptors (Lipinski definition) is 6. The molecule has 170 valence electrons. The zero-order valence-electron chi connectivity index (χ0n) is 17.3. The van der Waals surface area contributed by atoms with Gasteiger partial charge in [0.2, 0.25) is 5.95 Å². The number of fused-ring (bicyclic) bond motifs is 1. The summed E-state index contributed by atoms with van der Waals surface area (Å²) in [5.41, 5.74) is 9.37. The first-order chi connectivity index (χ1) is 15.7. The lowest BCUT2D eigenvalue weighted by Gasteiger charge is -2.12. The van der Waals surface area contributed by atoms with Crippen molar-refractivity contribution < 1.29 is 22.7 Å². The van der Waals surface area contributed by atoms with Crippen LogP contribution in [0.2, 0.25) is 0 Å². The summed E-state index contributed by atoms with van der Waals surface area (Å²) in [5.74, 6) is -0.341. The van der Waals surface area contributed by atoms with Crippen molar-refractivity contribution in [3.8, 4) is 16.9 Å². The molecule has 4 N–H and O–H groups in total. The maximum absolute atomic E-state index is 12.3. The number of pyridine rings is 1. The molecule has 33 heavy (non-hydrogen) atoms. The van der Waals surface area contributed by atoms with E-state index >= 15 is 0 Å². The Morgan fingerprint density at radius 2 is 1.82 bits per heavy atom. The molecular weight excluding hydrogens is 437 g/mol. The van der Waals surface area contributed by atoms with E-state index in [1.54, 1.807) is 4.52 Å². The number of carbonyl (C=O) groups excluding carboxylic acids is 1. The number of ether oxygens (including phenoxy) is 1. The van der Waals surface area contributed by atoms with Crippen LogP contribution in [0.15, 0.2) is 60.8 Å². The number of nitrogens with two attached hydrogens (primary N) is 1. The van der Waals surface area contributed by atoms with Crippen molar-refractivity contribution in [3.63, 3.8) is 0 Å². The summed E-state index contributed by atoms with van der Waals surface area (Å²) in [6, 6.07) is 15.4. The molecule has 4 aromatic rings. The van der Waals surface area contributed by atoms with Crippen LogP contribution in [-0.2, 0) is 0 Å². The van der Waals surface area contributed by atoms with Gasteiger partial charge in [0, 0.05) is 23.0 Å². The SMILES string of the molecule is COc1cc(C(=O)NCC(F)(F)F)ccc1Nc1nc2ccc(-c3ccc(N)cc3)cn2n1. The van der Waals surface area contributed by atoms with E-state index in [9.17, 15) is 18.0 Å². The Morgan fingerprint density at radius 3 is 2.52 bits per heavy atom. The van der Waals surface area contributed by atoms with Crippen molar-refractivity contribution in [2.75, 3.05) is 24.7 Å². The van der Waals surface area contributed by atoms with Gasteiger partial charge in [-0.1, -0.05) is 12.1 Å². The molecule has 2 aromatic carbocycles. The quantitative estimate of drug-likeness (QED) is 0.379. The minimum Gasteiger partial charge on any atom is -0.495 e. The fourth-order valence-corrected chi connectivity index (χ4v) is 3.12. The fourth-order valence-electron chi connectivity index (χ4n) is 3.12. The van der Waals surface area contributed by atoms with Crippen LogP contribution in [0, 0.1) is 0 Å². The van der Waals surface area contributed by atoms with E-state index in [2.05, 4.69) is 15.4 Å². The molecule has 8 nitrogen and oxygen atoms in total. The van der Waals surface area contributed by atoms with E-state index in [1.165, 1.54) is 25.3 Å². The van der Waals surface area contributed by atoms with Crippen LogP contribution >= 0.6 is 0 Å². The normalized spacial score (nSPS) is 11.4. The number of carbonyl (C=O) groups is 1. The summed E-state index contributed by atoms with van der Waals surface area (Å²) in [4.78, 5) is 16.4. The van der Waals surface area contributed by atoms with E-state index in [0.717, 1.165) is 11.1 Å². The summed E-state index contributed by atoms with van der Waals surface area (Å²) in [5, 5.41) is 9.24. The van der Waals surface area contributed by atoms with Gasteiger partial charge in [-0.3, -0.25) is 4.79 Å². The summed E-state index contributed by atoms with van der Waals surface area (Å²) < 4.78 is 43.9. The number of benzene rings is 2. The number of nitrogens with zero attached hydrogens (tertiary/aromatic N) is 3. The molecule has 0 bridgehead atoms. The summed E-state index contributed by atoms with van der Waals surface area (Å²) in [7, 11) is 1.38. The van der Waals surface area contributed by atoms with Gasteiger partial charge in [0.15, 0.2) is 5.65 Å². The minimum atomic E-state index is -4.50. The van der Waals surface area contributed by atoms with Gasteiger partial charge in [-0.15, -0.1) is 5.10 Å². The lowest BCUT2D eigenvalue weighted by Crippen LogP contribution is -2.33. The third-order valence-corrected chi connectivity index (χ3v) is 4.73. The molecule has 4 rings (SSSR count). The van der Waals surface area contributed by atoms with Gasteiger partial charge in [0.1, 0.15) is 12.3 Å². The molecule has 0 radical (unpaired) electrons. The van der Waals surface area contributed by atoms with Crippen LogP contribution in [0.5, 0.6) is 5.75 Å². The van der Waals surface area contributed by atoms with Crippen LogP contribution in [-0.4, -0.2) is 40.3 Å². The molecule has 11 heteroatoms. The monoisotopic (exact) mass is 456 g/mol. The molecule has 0 atom stereocenters. The molecule has 0 unspecified atom stereocenters. The Hall–Kier alpha value is -4.28. The van der Waals surface area contributed by atoms with Gasteiger partial charge in [-0.2, -0.15) is 18.2 Å². The Labute approximate surface area is 186 Å². The largest absolute Gasteiger partial charge is 0.495 e. The molecular formula is C22H19F3N6O2. The van der Waals surface area contributed by atoms with Crippen LogP contribution in [0.25, 0.3) is 16.8 Å². The number of rotatable bonds is 6. The van der Waals surface area contributed by atoms with Gasteiger partial charge in [0.25, 0.3) is 5.91 Å².